The number of nitrogens with zero attached hydrogens (tertiary/aromatic N) is 3. The van der Waals surface area contributed by atoms with Crippen LogP contribution in [0.4, 0.5) is 17.3 Å². The Morgan fingerprint density at radius 2 is 1.95 bits per heavy atom. The summed E-state index contributed by atoms with van der Waals surface area (Å²) in [5.74, 6) is 2.39. The monoisotopic (exact) mass is 304 g/mol. The largest absolute Gasteiger partial charge is 0.378 e. The van der Waals surface area contributed by atoms with E-state index >= 15 is 0 Å². The molecule has 0 atom stereocenters. The van der Waals surface area contributed by atoms with Crippen LogP contribution in [-0.4, -0.2) is 36.3 Å². The van der Waals surface area contributed by atoms with Gasteiger partial charge in [-0.2, -0.15) is 0 Å². The number of ether oxygens (including phenoxy) is 1. The molecule has 2 aromatic rings. The lowest BCUT2D eigenvalue weighted by molar-refractivity contribution is 0.122. The van der Waals surface area contributed by atoms with E-state index in [1.807, 2.05) is 37.3 Å². The first-order valence-electron chi connectivity index (χ1n) is 6.92. The Kier molecular flexibility index (Phi) is 4.22. The molecule has 0 saturated carbocycles. The zero-order valence-electron chi connectivity index (χ0n) is 11.8. The number of aromatic nitrogens is 2. The van der Waals surface area contributed by atoms with Gasteiger partial charge in [-0.3, -0.25) is 0 Å². The van der Waals surface area contributed by atoms with Gasteiger partial charge in [0.1, 0.15) is 17.5 Å². The number of morpholine rings is 1. The quantitative estimate of drug-likeness (QED) is 0.944. The maximum absolute atomic E-state index is 6.17. The number of hydrogen-bond acceptors (Lipinski definition) is 5. The van der Waals surface area contributed by atoms with Crippen molar-refractivity contribution in [1.29, 1.82) is 0 Å². The molecule has 0 aliphatic carbocycles. The molecule has 1 aromatic heterocycles. The third-order valence-electron chi connectivity index (χ3n) is 3.30. The van der Waals surface area contributed by atoms with Crippen LogP contribution in [0.15, 0.2) is 30.3 Å². The predicted octanol–water partition coefficient (Wildman–Crippen LogP) is 3.02. The summed E-state index contributed by atoms with van der Waals surface area (Å²) in [5.41, 5.74) is 0.838. The molecule has 110 valence electrons. The van der Waals surface area contributed by atoms with E-state index < -0.39 is 0 Å². The molecule has 1 N–H and O–H groups in total. The molecule has 3 rings (SSSR count). The number of benzene rings is 1. The van der Waals surface area contributed by atoms with Gasteiger partial charge in [0.25, 0.3) is 0 Å². The van der Waals surface area contributed by atoms with Crippen LogP contribution in [0.25, 0.3) is 0 Å². The predicted molar refractivity (Wildman–Crippen MR) is 84.5 cm³/mol. The fraction of sp³-hybridized carbons (Fsp3) is 0.333. The highest BCUT2D eigenvalue weighted by Gasteiger charge is 2.14. The molecule has 1 aromatic carbocycles. The Morgan fingerprint density at radius 3 is 2.71 bits per heavy atom. The molecule has 0 radical (unpaired) electrons. The molecule has 0 unspecified atom stereocenters. The third kappa shape index (κ3) is 3.43. The van der Waals surface area contributed by atoms with Crippen molar-refractivity contribution < 1.29 is 4.74 Å². The van der Waals surface area contributed by atoms with Gasteiger partial charge < -0.3 is 15.0 Å². The number of nitrogens with one attached hydrogen (secondary N) is 1. The van der Waals surface area contributed by atoms with Crippen molar-refractivity contribution in [3.8, 4) is 0 Å². The SMILES string of the molecule is Cc1nc(Nc2ccccc2Cl)cc(N2CCOCC2)n1. The lowest BCUT2D eigenvalue weighted by Crippen LogP contribution is -2.36. The summed E-state index contributed by atoms with van der Waals surface area (Å²) < 4.78 is 5.37. The van der Waals surface area contributed by atoms with Crippen LogP contribution >= 0.6 is 11.6 Å². The Balaban J connectivity index is 1.85. The zero-order valence-corrected chi connectivity index (χ0v) is 12.6. The topological polar surface area (TPSA) is 50.3 Å². The molecular formula is C15H17ClN4O. The van der Waals surface area contributed by atoms with Gasteiger partial charge in [-0.05, 0) is 19.1 Å². The highest BCUT2D eigenvalue weighted by atomic mass is 35.5. The Morgan fingerprint density at radius 1 is 1.19 bits per heavy atom. The summed E-state index contributed by atoms with van der Waals surface area (Å²) in [4.78, 5) is 11.1. The van der Waals surface area contributed by atoms with Crippen molar-refractivity contribution in [2.75, 3.05) is 36.5 Å². The van der Waals surface area contributed by atoms with Crippen LogP contribution in [0.1, 0.15) is 5.82 Å². The minimum absolute atomic E-state index is 0.668. The van der Waals surface area contributed by atoms with E-state index in [-0.39, 0.29) is 0 Å². The second-order valence-corrected chi connectivity index (χ2v) is 5.27. The van der Waals surface area contributed by atoms with Crippen molar-refractivity contribution in [2.24, 2.45) is 0 Å². The van der Waals surface area contributed by atoms with Gasteiger partial charge >= 0.3 is 0 Å². The van der Waals surface area contributed by atoms with E-state index in [2.05, 4.69) is 20.2 Å². The molecule has 1 aliphatic heterocycles. The Bertz CT molecular complexity index is 629. The maximum Gasteiger partial charge on any atom is 0.136 e. The Hall–Kier alpha value is -1.85. The molecule has 1 fully saturated rings. The van der Waals surface area contributed by atoms with Gasteiger partial charge in [-0.1, -0.05) is 23.7 Å². The van der Waals surface area contributed by atoms with E-state index in [0.29, 0.717) is 5.02 Å². The summed E-state index contributed by atoms with van der Waals surface area (Å²) in [6.45, 7) is 5.05. The first kappa shape index (κ1) is 14.1. The van der Waals surface area contributed by atoms with Crippen LogP contribution in [0, 0.1) is 6.92 Å². The first-order valence-corrected chi connectivity index (χ1v) is 7.30. The number of hydrogen-bond donors (Lipinski definition) is 1. The van der Waals surface area contributed by atoms with Crippen LogP contribution in [0.5, 0.6) is 0 Å². The minimum Gasteiger partial charge on any atom is -0.378 e. The maximum atomic E-state index is 6.17. The van der Waals surface area contributed by atoms with Crippen LogP contribution in [0.3, 0.4) is 0 Å². The number of rotatable bonds is 3. The third-order valence-corrected chi connectivity index (χ3v) is 3.63. The van der Waals surface area contributed by atoms with Crippen molar-refractivity contribution in [2.45, 2.75) is 6.92 Å². The molecule has 21 heavy (non-hydrogen) atoms. The standard InChI is InChI=1S/C15H17ClN4O/c1-11-17-14(19-13-5-3-2-4-12(13)16)10-15(18-11)20-6-8-21-9-7-20/h2-5,10H,6-9H2,1H3,(H,17,18,19). The fourth-order valence-corrected chi connectivity index (χ4v) is 2.45. The molecule has 0 spiro atoms. The summed E-state index contributed by atoms with van der Waals surface area (Å²) in [7, 11) is 0. The van der Waals surface area contributed by atoms with E-state index in [1.54, 1.807) is 0 Å². The molecule has 1 saturated heterocycles. The summed E-state index contributed by atoms with van der Waals surface area (Å²) in [5, 5.41) is 3.92. The molecule has 0 amide bonds. The zero-order chi connectivity index (χ0) is 14.7. The van der Waals surface area contributed by atoms with E-state index in [0.717, 1.165) is 49.5 Å². The van der Waals surface area contributed by atoms with Gasteiger partial charge in [0.05, 0.1) is 23.9 Å². The van der Waals surface area contributed by atoms with Crippen molar-refractivity contribution in [3.05, 3.63) is 41.2 Å². The van der Waals surface area contributed by atoms with Gasteiger partial charge in [0, 0.05) is 19.2 Å². The van der Waals surface area contributed by atoms with Gasteiger partial charge in [0.2, 0.25) is 0 Å². The molecular weight excluding hydrogens is 288 g/mol. The van der Waals surface area contributed by atoms with Crippen LogP contribution in [-0.2, 0) is 4.74 Å². The number of halogens is 1. The lowest BCUT2D eigenvalue weighted by atomic mass is 10.3. The van der Waals surface area contributed by atoms with Crippen molar-refractivity contribution in [3.63, 3.8) is 0 Å². The van der Waals surface area contributed by atoms with E-state index in [1.165, 1.54) is 0 Å². The highest BCUT2D eigenvalue weighted by molar-refractivity contribution is 6.33. The van der Waals surface area contributed by atoms with Gasteiger partial charge in [-0.25, -0.2) is 9.97 Å². The average molecular weight is 305 g/mol. The second-order valence-electron chi connectivity index (χ2n) is 4.86. The number of anilines is 3. The molecule has 5 nitrogen and oxygen atoms in total. The van der Waals surface area contributed by atoms with Crippen LogP contribution < -0.4 is 10.2 Å². The normalized spacial score (nSPS) is 15.0. The highest BCUT2D eigenvalue weighted by Crippen LogP contribution is 2.25. The molecule has 0 bridgehead atoms. The van der Waals surface area contributed by atoms with E-state index in [9.17, 15) is 0 Å². The summed E-state index contributed by atoms with van der Waals surface area (Å²) in [6, 6.07) is 9.56. The van der Waals surface area contributed by atoms with Gasteiger partial charge in [0.15, 0.2) is 0 Å². The Labute approximate surface area is 128 Å². The molecule has 2 heterocycles. The number of aryl methyl sites for hydroxylation is 1. The lowest BCUT2D eigenvalue weighted by Gasteiger charge is -2.28. The minimum atomic E-state index is 0.668. The summed E-state index contributed by atoms with van der Waals surface area (Å²) in [6.07, 6.45) is 0. The average Bonchev–Trinajstić information content (AvgIpc) is 2.50. The smallest absolute Gasteiger partial charge is 0.136 e. The summed E-state index contributed by atoms with van der Waals surface area (Å²) >= 11 is 6.17. The second kappa shape index (κ2) is 6.28. The fourth-order valence-electron chi connectivity index (χ4n) is 2.27. The number of para-hydroxylation sites is 1. The van der Waals surface area contributed by atoms with Crippen molar-refractivity contribution in [1.82, 2.24) is 9.97 Å². The first-order chi connectivity index (χ1) is 10.2. The van der Waals surface area contributed by atoms with Gasteiger partial charge in [-0.15, -0.1) is 0 Å². The van der Waals surface area contributed by atoms with Crippen molar-refractivity contribution >= 4 is 28.9 Å². The molecule has 6 heteroatoms. The van der Waals surface area contributed by atoms with Crippen LogP contribution in [0.2, 0.25) is 5.02 Å². The van der Waals surface area contributed by atoms with E-state index in [4.69, 9.17) is 16.3 Å². The molecule has 1 aliphatic rings.